The molecule has 13 heavy (non-hydrogen) atoms. The van der Waals surface area contributed by atoms with E-state index >= 15 is 0 Å². The molecule has 3 nitrogen and oxygen atoms in total. The highest BCUT2D eigenvalue weighted by molar-refractivity contribution is 7.52. The fourth-order valence-corrected chi connectivity index (χ4v) is 2.32. The summed E-state index contributed by atoms with van der Waals surface area (Å²) in [6, 6.07) is 0. The van der Waals surface area contributed by atoms with Crippen molar-refractivity contribution in [3.05, 3.63) is 0 Å². The lowest BCUT2D eigenvalue weighted by Gasteiger charge is -2.26. The first-order valence-corrected chi connectivity index (χ1v) is 6.48. The molecule has 1 fully saturated rings. The molecule has 0 aliphatic heterocycles. The largest absolute Gasteiger partial charge is 0.327 e. The van der Waals surface area contributed by atoms with Crippen LogP contribution in [0.15, 0.2) is 0 Å². The molecule has 3 atom stereocenters. The zero-order chi connectivity index (χ0) is 9.90. The highest BCUT2D eigenvalue weighted by Gasteiger charge is 2.27. The highest BCUT2D eigenvalue weighted by atomic mass is 31.2. The van der Waals surface area contributed by atoms with Crippen LogP contribution in [0.2, 0.25) is 0 Å². The minimum Gasteiger partial charge on any atom is -0.312 e. The third kappa shape index (κ3) is 3.75. The van der Waals surface area contributed by atoms with Crippen molar-refractivity contribution >= 4 is 7.60 Å². The van der Waals surface area contributed by atoms with Crippen molar-refractivity contribution < 1.29 is 18.0 Å². The predicted molar refractivity (Wildman–Crippen MR) is 48.8 cm³/mol. The summed E-state index contributed by atoms with van der Waals surface area (Å²) in [7, 11) is -1.59. The number of rotatable bonds is 3. The lowest BCUT2D eigenvalue weighted by Crippen LogP contribution is -2.22. The van der Waals surface area contributed by atoms with E-state index in [1.807, 2.05) is 0 Å². The van der Waals surface area contributed by atoms with E-state index in [0.717, 1.165) is 12.8 Å². The van der Waals surface area contributed by atoms with Crippen LogP contribution in [0.25, 0.3) is 0 Å². The highest BCUT2D eigenvalue weighted by Crippen LogP contribution is 2.46. The maximum atomic E-state index is 12.9. The Kier molecular flexibility index (Phi) is 3.89. The topological polar surface area (TPSA) is 35.5 Å². The van der Waals surface area contributed by atoms with Crippen molar-refractivity contribution in [3.8, 4) is 0 Å². The summed E-state index contributed by atoms with van der Waals surface area (Å²) in [5.41, 5.74) is 0. The van der Waals surface area contributed by atoms with Crippen molar-refractivity contribution in [1.29, 1.82) is 0 Å². The number of hydrogen-bond donors (Lipinski definition) is 0. The Balaban J connectivity index is 2.40. The second-order valence-corrected chi connectivity index (χ2v) is 5.56. The summed E-state index contributed by atoms with van der Waals surface area (Å²) in [5.74, 6) is 0. The molecule has 5 heteroatoms. The molecular formula is C8H16FO3P. The van der Waals surface area contributed by atoms with E-state index in [1.54, 1.807) is 0 Å². The Morgan fingerprint density at radius 1 is 1.46 bits per heavy atom. The molecule has 1 aliphatic rings. The minimum atomic E-state index is -2.94. The van der Waals surface area contributed by atoms with Gasteiger partial charge in [-0.25, -0.2) is 4.39 Å². The van der Waals surface area contributed by atoms with Crippen molar-refractivity contribution in [2.75, 3.05) is 13.8 Å². The zero-order valence-corrected chi connectivity index (χ0v) is 8.93. The monoisotopic (exact) mass is 210 g/mol. The first-order chi connectivity index (χ1) is 6.03. The van der Waals surface area contributed by atoms with Crippen LogP contribution >= 0.6 is 7.60 Å². The van der Waals surface area contributed by atoms with Gasteiger partial charge in [-0.05, 0) is 19.3 Å². The summed E-state index contributed by atoms with van der Waals surface area (Å²) < 4.78 is 34.2. The molecule has 78 valence electrons. The van der Waals surface area contributed by atoms with Crippen molar-refractivity contribution in [1.82, 2.24) is 0 Å². The van der Waals surface area contributed by atoms with Crippen LogP contribution in [-0.2, 0) is 13.6 Å². The molecule has 0 aromatic carbocycles. The smallest absolute Gasteiger partial charge is 0.312 e. The molecular weight excluding hydrogens is 194 g/mol. The average molecular weight is 210 g/mol. The van der Waals surface area contributed by atoms with E-state index in [-0.39, 0.29) is 6.10 Å². The quantitative estimate of drug-likeness (QED) is 0.672. The second-order valence-electron chi connectivity index (χ2n) is 3.45. The fourth-order valence-electron chi connectivity index (χ4n) is 1.50. The molecule has 0 spiro atoms. The molecule has 0 radical (unpaired) electrons. The molecule has 1 aliphatic carbocycles. The first kappa shape index (κ1) is 11.2. The zero-order valence-electron chi connectivity index (χ0n) is 8.03. The Hall–Kier alpha value is 0.0800. The van der Waals surface area contributed by atoms with Crippen LogP contribution < -0.4 is 0 Å². The molecule has 0 N–H and O–H groups in total. The number of hydrogen-bond acceptors (Lipinski definition) is 3. The predicted octanol–water partition coefficient (Wildman–Crippen LogP) is 2.75. The van der Waals surface area contributed by atoms with E-state index in [1.165, 1.54) is 13.8 Å². The van der Waals surface area contributed by atoms with Gasteiger partial charge in [0.05, 0.1) is 6.10 Å². The molecule has 0 heterocycles. The van der Waals surface area contributed by atoms with E-state index in [9.17, 15) is 8.96 Å². The van der Waals surface area contributed by atoms with Gasteiger partial charge in [-0.1, -0.05) is 0 Å². The van der Waals surface area contributed by atoms with Gasteiger partial charge in [0, 0.05) is 20.2 Å². The molecule has 0 aromatic rings. The lowest BCUT2D eigenvalue weighted by molar-refractivity contribution is 0.0887. The van der Waals surface area contributed by atoms with Crippen molar-refractivity contribution in [2.45, 2.75) is 38.0 Å². The van der Waals surface area contributed by atoms with Crippen LogP contribution in [0, 0.1) is 0 Å². The lowest BCUT2D eigenvalue weighted by atomic mass is 9.96. The molecule has 1 rings (SSSR count). The second kappa shape index (κ2) is 4.54. The summed E-state index contributed by atoms with van der Waals surface area (Å²) in [6.07, 6.45) is 1.48. The van der Waals surface area contributed by atoms with Gasteiger partial charge >= 0.3 is 7.60 Å². The standard InChI is InChI=1S/C8H16FO3P/c1-11-13(2,10)12-8-5-3-4-7(9)6-8/h7-8H,3-6H2,1-2H3. The molecule has 1 saturated carbocycles. The van der Waals surface area contributed by atoms with Gasteiger partial charge in [0.25, 0.3) is 0 Å². The van der Waals surface area contributed by atoms with Gasteiger partial charge in [-0.3, -0.25) is 4.57 Å². The SMILES string of the molecule is COP(C)(=O)OC1CCCC(F)C1. The molecule has 0 saturated heterocycles. The number of alkyl halides is 1. The van der Waals surface area contributed by atoms with E-state index in [0.29, 0.717) is 12.8 Å². The van der Waals surface area contributed by atoms with Crippen molar-refractivity contribution in [2.24, 2.45) is 0 Å². The first-order valence-electron chi connectivity index (χ1n) is 4.49. The molecule has 0 amide bonds. The van der Waals surface area contributed by atoms with Gasteiger partial charge < -0.3 is 9.05 Å². The Labute approximate surface area is 78.1 Å². The number of halogens is 1. The summed E-state index contributed by atoms with van der Waals surface area (Å²) >= 11 is 0. The van der Waals surface area contributed by atoms with E-state index in [4.69, 9.17) is 4.52 Å². The summed E-state index contributed by atoms with van der Waals surface area (Å²) in [6.45, 7) is 1.41. The summed E-state index contributed by atoms with van der Waals surface area (Å²) in [4.78, 5) is 0. The normalized spacial score (nSPS) is 34.1. The Morgan fingerprint density at radius 3 is 2.69 bits per heavy atom. The van der Waals surface area contributed by atoms with Crippen molar-refractivity contribution in [3.63, 3.8) is 0 Å². The molecule has 0 aromatic heterocycles. The van der Waals surface area contributed by atoms with E-state index in [2.05, 4.69) is 4.52 Å². The maximum absolute atomic E-state index is 12.9. The van der Waals surface area contributed by atoms with Crippen LogP contribution in [0.5, 0.6) is 0 Å². The maximum Gasteiger partial charge on any atom is 0.327 e. The van der Waals surface area contributed by atoms with Crippen LogP contribution in [0.4, 0.5) is 4.39 Å². The Morgan fingerprint density at radius 2 is 2.15 bits per heavy atom. The van der Waals surface area contributed by atoms with Crippen LogP contribution in [0.3, 0.4) is 0 Å². The van der Waals surface area contributed by atoms with Gasteiger partial charge in [0.15, 0.2) is 0 Å². The minimum absolute atomic E-state index is 0.237. The van der Waals surface area contributed by atoms with Gasteiger partial charge in [0.1, 0.15) is 6.17 Å². The van der Waals surface area contributed by atoms with E-state index < -0.39 is 13.8 Å². The third-order valence-corrected chi connectivity index (χ3v) is 3.58. The van der Waals surface area contributed by atoms with Gasteiger partial charge in [-0.2, -0.15) is 0 Å². The average Bonchev–Trinajstić information content (AvgIpc) is 2.03. The molecule has 0 bridgehead atoms. The van der Waals surface area contributed by atoms with Crippen LogP contribution in [-0.4, -0.2) is 26.1 Å². The fraction of sp³-hybridized carbons (Fsp3) is 1.00. The van der Waals surface area contributed by atoms with Crippen LogP contribution in [0.1, 0.15) is 25.7 Å². The Bertz CT molecular complexity index is 210. The van der Waals surface area contributed by atoms with Gasteiger partial charge in [-0.15, -0.1) is 0 Å². The van der Waals surface area contributed by atoms with Gasteiger partial charge in [0.2, 0.25) is 0 Å². The summed E-state index contributed by atoms with van der Waals surface area (Å²) in [5, 5.41) is 0. The third-order valence-electron chi connectivity index (χ3n) is 2.23. The molecule has 3 unspecified atom stereocenters.